The molecule has 20 heavy (non-hydrogen) atoms. The summed E-state index contributed by atoms with van der Waals surface area (Å²) in [5.41, 5.74) is 0.983. The molecule has 0 aliphatic carbocycles. The molecule has 0 fully saturated rings. The van der Waals surface area contributed by atoms with Crippen LogP contribution in [0.5, 0.6) is 0 Å². The minimum atomic E-state index is -3.47. The standard InChI is InChI=1S/C14H15ClN2O2S/c1-11(12-6-3-2-4-7-12)10-20(18,19)17-14-9-5-8-13(15)16-14/h2-9,11H,10H2,1H3,(H,16,17). The van der Waals surface area contributed by atoms with E-state index in [4.69, 9.17) is 11.6 Å². The zero-order valence-electron chi connectivity index (χ0n) is 11.0. The second-order valence-electron chi connectivity index (χ2n) is 4.54. The highest BCUT2D eigenvalue weighted by molar-refractivity contribution is 7.92. The van der Waals surface area contributed by atoms with Gasteiger partial charge in [0.05, 0.1) is 5.75 Å². The summed E-state index contributed by atoms with van der Waals surface area (Å²) in [7, 11) is -3.47. The van der Waals surface area contributed by atoms with E-state index >= 15 is 0 Å². The van der Waals surface area contributed by atoms with E-state index in [0.29, 0.717) is 0 Å². The minimum absolute atomic E-state index is 0.00872. The Kier molecular flexibility index (Phi) is 4.62. The van der Waals surface area contributed by atoms with Gasteiger partial charge in [-0.25, -0.2) is 13.4 Å². The normalized spacial score (nSPS) is 12.9. The van der Waals surface area contributed by atoms with Crippen molar-refractivity contribution in [1.82, 2.24) is 4.98 Å². The van der Waals surface area contributed by atoms with Crippen molar-refractivity contribution in [2.24, 2.45) is 0 Å². The summed E-state index contributed by atoms with van der Waals surface area (Å²) in [6.45, 7) is 1.87. The Morgan fingerprint density at radius 2 is 1.85 bits per heavy atom. The van der Waals surface area contributed by atoms with Crippen molar-refractivity contribution in [3.05, 3.63) is 59.2 Å². The van der Waals surface area contributed by atoms with Gasteiger partial charge in [-0.3, -0.25) is 4.72 Å². The van der Waals surface area contributed by atoms with E-state index in [2.05, 4.69) is 9.71 Å². The molecule has 1 atom stereocenters. The number of sulfonamides is 1. The number of nitrogens with one attached hydrogen (secondary N) is 1. The maximum atomic E-state index is 12.1. The Morgan fingerprint density at radius 1 is 1.15 bits per heavy atom. The molecule has 0 aliphatic heterocycles. The lowest BCUT2D eigenvalue weighted by atomic mass is 10.0. The fraction of sp³-hybridized carbons (Fsp3) is 0.214. The van der Waals surface area contributed by atoms with Crippen molar-refractivity contribution in [1.29, 1.82) is 0 Å². The van der Waals surface area contributed by atoms with Crippen LogP contribution in [0.3, 0.4) is 0 Å². The summed E-state index contributed by atoms with van der Waals surface area (Å²) in [5.74, 6) is 0.122. The van der Waals surface area contributed by atoms with E-state index in [1.54, 1.807) is 18.2 Å². The van der Waals surface area contributed by atoms with Crippen molar-refractivity contribution in [3.63, 3.8) is 0 Å². The zero-order chi connectivity index (χ0) is 14.6. The number of hydrogen-bond acceptors (Lipinski definition) is 3. The van der Waals surface area contributed by atoms with Gasteiger partial charge in [0.1, 0.15) is 11.0 Å². The number of rotatable bonds is 5. The smallest absolute Gasteiger partial charge is 0.234 e. The van der Waals surface area contributed by atoms with Gasteiger partial charge in [-0.15, -0.1) is 0 Å². The van der Waals surface area contributed by atoms with Crippen molar-refractivity contribution < 1.29 is 8.42 Å². The lowest BCUT2D eigenvalue weighted by molar-refractivity contribution is 0.595. The van der Waals surface area contributed by atoms with Gasteiger partial charge in [-0.1, -0.05) is 54.9 Å². The second-order valence-corrected chi connectivity index (χ2v) is 6.69. The van der Waals surface area contributed by atoms with E-state index in [1.807, 2.05) is 37.3 Å². The van der Waals surface area contributed by atoms with Crippen LogP contribution in [-0.4, -0.2) is 19.2 Å². The SMILES string of the molecule is CC(CS(=O)(=O)Nc1cccc(Cl)n1)c1ccccc1. The highest BCUT2D eigenvalue weighted by atomic mass is 35.5. The molecule has 0 aliphatic rings. The average Bonchev–Trinajstić information content (AvgIpc) is 2.38. The van der Waals surface area contributed by atoms with Crippen LogP contribution in [0.2, 0.25) is 5.15 Å². The quantitative estimate of drug-likeness (QED) is 0.862. The molecule has 0 saturated carbocycles. The third-order valence-corrected chi connectivity index (χ3v) is 4.48. The first-order valence-corrected chi connectivity index (χ1v) is 8.17. The molecule has 4 nitrogen and oxygen atoms in total. The first-order valence-electron chi connectivity index (χ1n) is 6.14. The number of pyridine rings is 1. The van der Waals surface area contributed by atoms with Gasteiger partial charge < -0.3 is 0 Å². The van der Waals surface area contributed by atoms with Crippen LogP contribution >= 0.6 is 11.6 Å². The predicted molar refractivity (Wildman–Crippen MR) is 81.5 cm³/mol. The molecule has 1 unspecified atom stereocenters. The molecule has 0 saturated heterocycles. The van der Waals surface area contributed by atoms with Gasteiger partial charge in [-0.05, 0) is 23.6 Å². The van der Waals surface area contributed by atoms with Crippen molar-refractivity contribution in [2.75, 3.05) is 10.5 Å². The van der Waals surface area contributed by atoms with E-state index in [-0.39, 0.29) is 22.6 Å². The molecule has 0 amide bonds. The Bertz CT molecular complexity index is 675. The maximum Gasteiger partial charge on any atom is 0.234 e. The molecule has 106 valence electrons. The summed E-state index contributed by atoms with van der Waals surface area (Å²) < 4.78 is 26.6. The first-order chi connectivity index (χ1) is 9.46. The second kappa shape index (κ2) is 6.24. The van der Waals surface area contributed by atoms with Crippen molar-refractivity contribution >= 4 is 27.4 Å². The Hall–Kier alpha value is -1.59. The van der Waals surface area contributed by atoms with Crippen LogP contribution in [0.4, 0.5) is 5.82 Å². The van der Waals surface area contributed by atoms with Crippen molar-refractivity contribution in [3.8, 4) is 0 Å². The third kappa shape index (κ3) is 4.21. The number of hydrogen-bond donors (Lipinski definition) is 1. The van der Waals surface area contributed by atoms with Gasteiger partial charge >= 0.3 is 0 Å². The van der Waals surface area contributed by atoms with E-state index < -0.39 is 10.0 Å². The van der Waals surface area contributed by atoms with Crippen LogP contribution in [0.15, 0.2) is 48.5 Å². The van der Waals surface area contributed by atoms with E-state index in [9.17, 15) is 8.42 Å². The maximum absolute atomic E-state index is 12.1. The lowest BCUT2D eigenvalue weighted by Crippen LogP contribution is -2.21. The number of benzene rings is 1. The van der Waals surface area contributed by atoms with Gasteiger partial charge in [0.2, 0.25) is 10.0 Å². The largest absolute Gasteiger partial charge is 0.267 e. The van der Waals surface area contributed by atoms with Gasteiger partial charge in [0.25, 0.3) is 0 Å². The Labute approximate surface area is 123 Å². The summed E-state index contributed by atoms with van der Waals surface area (Å²) >= 11 is 5.73. The molecular formula is C14H15ClN2O2S. The van der Waals surface area contributed by atoms with Crippen LogP contribution in [0.25, 0.3) is 0 Å². The third-order valence-electron chi connectivity index (χ3n) is 2.81. The Balaban J connectivity index is 2.08. The minimum Gasteiger partial charge on any atom is -0.267 e. The predicted octanol–water partition coefficient (Wildman–Crippen LogP) is 3.28. The summed E-state index contributed by atoms with van der Waals surface area (Å²) in [6.07, 6.45) is 0. The van der Waals surface area contributed by atoms with Crippen LogP contribution < -0.4 is 4.72 Å². The van der Waals surface area contributed by atoms with Gasteiger partial charge in [0, 0.05) is 0 Å². The molecule has 1 heterocycles. The van der Waals surface area contributed by atoms with E-state index in [0.717, 1.165) is 5.56 Å². The Morgan fingerprint density at radius 3 is 2.50 bits per heavy atom. The van der Waals surface area contributed by atoms with Crippen molar-refractivity contribution in [2.45, 2.75) is 12.8 Å². The highest BCUT2D eigenvalue weighted by Crippen LogP contribution is 2.18. The number of nitrogens with zero attached hydrogens (tertiary/aromatic N) is 1. The molecule has 2 rings (SSSR count). The van der Waals surface area contributed by atoms with E-state index in [1.165, 1.54) is 0 Å². The lowest BCUT2D eigenvalue weighted by Gasteiger charge is -2.13. The molecule has 0 bridgehead atoms. The molecule has 1 N–H and O–H groups in total. The van der Waals surface area contributed by atoms with Crippen LogP contribution in [0, 0.1) is 0 Å². The molecule has 0 radical (unpaired) electrons. The molecule has 1 aromatic carbocycles. The monoisotopic (exact) mass is 310 g/mol. The summed E-state index contributed by atoms with van der Waals surface area (Å²) in [4.78, 5) is 3.91. The topological polar surface area (TPSA) is 59.1 Å². The van der Waals surface area contributed by atoms with Gasteiger partial charge in [0.15, 0.2) is 0 Å². The highest BCUT2D eigenvalue weighted by Gasteiger charge is 2.17. The fourth-order valence-corrected chi connectivity index (χ4v) is 3.40. The molecule has 6 heteroatoms. The number of anilines is 1. The van der Waals surface area contributed by atoms with Crippen LogP contribution in [-0.2, 0) is 10.0 Å². The fourth-order valence-electron chi connectivity index (χ4n) is 1.87. The first kappa shape index (κ1) is 14.8. The zero-order valence-corrected chi connectivity index (χ0v) is 12.5. The molecular weight excluding hydrogens is 296 g/mol. The average molecular weight is 311 g/mol. The summed E-state index contributed by atoms with van der Waals surface area (Å²) in [6, 6.07) is 14.3. The molecule has 2 aromatic rings. The number of aromatic nitrogens is 1. The summed E-state index contributed by atoms with van der Waals surface area (Å²) in [5, 5.41) is 0.251. The molecule has 1 aromatic heterocycles. The van der Waals surface area contributed by atoms with Gasteiger partial charge in [-0.2, -0.15) is 0 Å². The number of halogens is 1. The molecule has 0 spiro atoms. The van der Waals surface area contributed by atoms with Crippen LogP contribution in [0.1, 0.15) is 18.4 Å².